The van der Waals surface area contributed by atoms with E-state index in [1.165, 1.54) is 0 Å². The molecule has 0 aliphatic carbocycles. The van der Waals surface area contributed by atoms with Gasteiger partial charge in [-0.15, -0.1) is 0 Å². The maximum Gasteiger partial charge on any atom is 0.329 e. The zero-order valence-corrected chi connectivity index (χ0v) is 28.1. The predicted octanol–water partition coefficient (Wildman–Crippen LogP) is 0.375. The minimum Gasteiger partial charge on any atom is -0.480 e. The van der Waals surface area contributed by atoms with E-state index in [1.807, 2.05) is 13.8 Å². The van der Waals surface area contributed by atoms with Gasteiger partial charge in [-0.05, 0) is 12.8 Å². The van der Waals surface area contributed by atoms with Crippen LogP contribution in [0.25, 0.3) is 0 Å². The van der Waals surface area contributed by atoms with Crippen LogP contribution >= 0.6 is 0 Å². The molecule has 0 aromatic carbocycles. The Labute approximate surface area is 281 Å². The molecule has 0 atom stereocenters. The number of carboxylic acid groups (broad SMARTS) is 2. The lowest BCUT2D eigenvalue weighted by Gasteiger charge is -2.33. The van der Waals surface area contributed by atoms with Gasteiger partial charge in [0, 0.05) is 10.8 Å². The second-order valence-electron chi connectivity index (χ2n) is 10.5. The maximum atomic E-state index is 10.6. The van der Waals surface area contributed by atoms with Crippen molar-refractivity contribution < 1.29 is 86.2 Å². The van der Waals surface area contributed by atoms with Crippen molar-refractivity contribution in [3.63, 3.8) is 0 Å². The van der Waals surface area contributed by atoms with Gasteiger partial charge in [-0.3, -0.25) is 9.59 Å². The Morgan fingerprint density at radius 3 is 0.938 bits per heavy atom. The summed E-state index contributed by atoms with van der Waals surface area (Å²) in [4.78, 5) is 41.7. The van der Waals surface area contributed by atoms with Crippen molar-refractivity contribution >= 4 is 24.9 Å². The van der Waals surface area contributed by atoms with Crippen molar-refractivity contribution in [3.05, 3.63) is 0 Å². The van der Waals surface area contributed by atoms with Crippen LogP contribution < -0.4 is 0 Å². The van der Waals surface area contributed by atoms with E-state index in [-0.39, 0.29) is 99.5 Å². The molecule has 0 rings (SSSR count). The van der Waals surface area contributed by atoms with Crippen molar-refractivity contribution in [3.8, 4) is 0 Å². The highest BCUT2D eigenvalue weighted by atomic mass is 16.7. The van der Waals surface area contributed by atoms with Gasteiger partial charge in [-0.25, -0.2) is 9.59 Å². The fourth-order valence-corrected chi connectivity index (χ4v) is 3.77. The molecule has 0 heterocycles. The van der Waals surface area contributed by atoms with E-state index in [4.69, 9.17) is 57.6 Å². The van der Waals surface area contributed by atoms with E-state index < -0.39 is 36.0 Å². The molecule has 18 nitrogen and oxygen atoms in total. The van der Waals surface area contributed by atoms with Crippen LogP contribution in [-0.4, -0.2) is 168 Å². The van der Waals surface area contributed by atoms with Gasteiger partial charge in [0.2, 0.25) is 0 Å². The van der Waals surface area contributed by atoms with Crippen LogP contribution in [0.4, 0.5) is 0 Å². The van der Waals surface area contributed by atoms with Crippen LogP contribution in [0, 0.1) is 10.8 Å². The van der Waals surface area contributed by atoms with Crippen molar-refractivity contribution in [1.82, 2.24) is 0 Å². The minimum atomic E-state index is -1.07. The van der Waals surface area contributed by atoms with Crippen molar-refractivity contribution in [2.24, 2.45) is 10.8 Å². The summed E-state index contributed by atoms with van der Waals surface area (Å²) in [7, 11) is 0. The first kappa shape index (κ1) is 45.5. The third-order valence-corrected chi connectivity index (χ3v) is 6.70. The molecule has 0 bridgehead atoms. The van der Waals surface area contributed by atoms with E-state index in [0.29, 0.717) is 45.6 Å². The van der Waals surface area contributed by atoms with Crippen molar-refractivity contribution in [1.29, 1.82) is 0 Å². The molecular weight excluding hydrogens is 648 g/mol. The molecule has 0 saturated carbocycles. The zero-order valence-electron chi connectivity index (χ0n) is 28.1. The van der Waals surface area contributed by atoms with Gasteiger partial charge >= 0.3 is 11.9 Å². The second-order valence-corrected chi connectivity index (χ2v) is 10.5. The smallest absolute Gasteiger partial charge is 0.329 e. The average molecular weight is 703 g/mol. The first-order valence-corrected chi connectivity index (χ1v) is 15.6. The van der Waals surface area contributed by atoms with Crippen LogP contribution in [-0.2, 0) is 76.0 Å². The van der Waals surface area contributed by atoms with Crippen LogP contribution in [0.1, 0.15) is 26.7 Å². The molecule has 0 spiro atoms. The highest BCUT2D eigenvalue weighted by molar-refractivity contribution is 5.68. The molecule has 0 unspecified atom stereocenters. The largest absolute Gasteiger partial charge is 0.480 e. The Balaban J connectivity index is 4.92. The zero-order chi connectivity index (χ0) is 35.6. The molecule has 282 valence electrons. The fourth-order valence-electron chi connectivity index (χ4n) is 3.77. The first-order valence-electron chi connectivity index (χ1n) is 15.6. The summed E-state index contributed by atoms with van der Waals surface area (Å²) in [6.07, 6.45) is 1.29. The number of carboxylic acids is 2. The Bertz CT molecular complexity index is 750. The van der Waals surface area contributed by atoms with Crippen LogP contribution in [0.2, 0.25) is 0 Å². The Hall–Kier alpha value is -2.52. The molecule has 0 fully saturated rings. The molecule has 0 aromatic heterocycles. The average Bonchev–Trinajstić information content (AvgIpc) is 3.07. The van der Waals surface area contributed by atoms with E-state index >= 15 is 0 Å². The molecular formula is C30H54O18. The lowest BCUT2D eigenvalue weighted by molar-refractivity contribution is -0.144. The number of ether oxygens (including phenoxy) is 12. The number of carbonyl (C=O) groups is 4. The summed E-state index contributed by atoms with van der Waals surface area (Å²) < 4.78 is 64.4. The molecule has 0 aromatic rings. The van der Waals surface area contributed by atoms with E-state index in [1.54, 1.807) is 0 Å². The third kappa shape index (κ3) is 26.4. The minimum absolute atomic E-state index is 0.112. The summed E-state index contributed by atoms with van der Waals surface area (Å²) in [5.74, 6) is -2.13. The van der Waals surface area contributed by atoms with Gasteiger partial charge in [0.1, 0.15) is 13.2 Å². The summed E-state index contributed by atoms with van der Waals surface area (Å²) in [6, 6.07) is 0. The van der Waals surface area contributed by atoms with Gasteiger partial charge < -0.3 is 67.1 Å². The predicted molar refractivity (Wildman–Crippen MR) is 163 cm³/mol. The Morgan fingerprint density at radius 1 is 0.458 bits per heavy atom. The second kappa shape index (κ2) is 31.7. The highest BCUT2D eigenvalue weighted by Crippen LogP contribution is 2.25. The van der Waals surface area contributed by atoms with Crippen LogP contribution in [0.15, 0.2) is 0 Å². The molecule has 0 amide bonds. The van der Waals surface area contributed by atoms with Gasteiger partial charge in [-0.2, -0.15) is 0 Å². The molecule has 0 aliphatic heterocycles. The Kier molecular flexibility index (Phi) is 30.1. The summed E-state index contributed by atoms with van der Waals surface area (Å²) in [5, 5.41) is 17.4. The molecule has 0 aliphatic rings. The lowest BCUT2D eigenvalue weighted by Crippen LogP contribution is -2.39. The quantitative estimate of drug-likeness (QED) is 0.0502. The fraction of sp³-hybridized carbons (Fsp3) is 0.867. The molecule has 0 saturated heterocycles. The molecule has 0 radical (unpaired) electrons. The molecule has 18 heteroatoms. The van der Waals surface area contributed by atoms with E-state index in [9.17, 15) is 19.2 Å². The lowest BCUT2D eigenvalue weighted by atomic mass is 9.88. The normalized spacial score (nSPS) is 11.8. The molecule has 48 heavy (non-hydrogen) atoms. The van der Waals surface area contributed by atoms with Gasteiger partial charge in [0.05, 0.1) is 106 Å². The van der Waals surface area contributed by atoms with Crippen molar-refractivity contribution in [2.75, 3.05) is 133 Å². The summed E-state index contributed by atoms with van der Waals surface area (Å²) in [5.41, 5.74) is -1.05. The summed E-state index contributed by atoms with van der Waals surface area (Å²) in [6.45, 7) is 7.18. The van der Waals surface area contributed by atoms with Crippen molar-refractivity contribution in [2.45, 2.75) is 26.7 Å². The first-order chi connectivity index (χ1) is 23.3. The number of hydrogen-bond acceptors (Lipinski definition) is 16. The Morgan fingerprint density at radius 2 is 0.708 bits per heavy atom. The number of aliphatic carboxylic acids is 2. The van der Waals surface area contributed by atoms with E-state index in [2.05, 4.69) is 9.47 Å². The SMILES string of the molecule is CCC(COCCOCOC=O)(COCCOCOC=O)COCCOCC(CC)(COCCOCC(=O)O)COCCOCC(=O)O. The number of carbonyl (C=O) groups excluding carboxylic acids is 2. The van der Waals surface area contributed by atoms with Crippen LogP contribution in [0.3, 0.4) is 0 Å². The standard InChI is InChI=1S/C30H54O18/c1-3-29(17-39-7-5-37-15-27(33)34,18-40-8-6-38-16-28(35)36)19-41-9-10-42-20-30(4-2,21-43-11-13-45-25-47-23-31)22-44-12-14-46-26-48-24-32/h23-24H,3-22,25-26H2,1-2H3,(H,33,34)(H,35,36). The monoisotopic (exact) mass is 702 g/mol. The maximum absolute atomic E-state index is 10.6. The highest BCUT2D eigenvalue weighted by Gasteiger charge is 2.31. The van der Waals surface area contributed by atoms with Gasteiger partial charge in [-0.1, -0.05) is 13.8 Å². The topological polar surface area (TPSA) is 219 Å². The summed E-state index contributed by atoms with van der Waals surface area (Å²) >= 11 is 0. The number of hydrogen-bond donors (Lipinski definition) is 2. The van der Waals surface area contributed by atoms with Gasteiger partial charge in [0.25, 0.3) is 12.9 Å². The van der Waals surface area contributed by atoms with E-state index in [0.717, 1.165) is 0 Å². The third-order valence-electron chi connectivity index (χ3n) is 6.70. The number of rotatable bonds is 39. The van der Waals surface area contributed by atoms with Crippen LogP contribution in [0.5, 0.6) is 0 Å². The molecule has 2 N–H and O–H groups in total. The van der Waals surface area contributed by atoms with Gasteiger partial charge in [0.15, 0.2) is 13.6 Å².